The second-order valence-electron chi connectivity index (χ2n) is 3.77. The zero-order valence-corrected chi connectivity index (χ0v) is 6.88. The molecule has 0 saturated heterocycles. The molecule has 0 aromatic heterocycles. The van der Waals surface area contributed by atoms with Gasteiger partial charge in [-0.2, -0.15) is 0 Å². The first kappa shape index (κ1) is 7.62. The maximum Gasteiger partial charge on any atom is 0.373 e. The topological polar surface area (TPSA) is 43.5 Å². The van der Waals surface area contributed by atoms with Crippen molar-refractivity contribution in [3.63, 3.8) is 0 Å². The first-order valence-corrected chi connectivity index (χ1v) is 3.96. The van der Waals surface area contributed by atoms with Gasteiger partial charge in [-0.1, -0.05) is 0 Å². The largest absolute Gasteiger partial charge is 0.373 e. The molecule has 3 rings (SSSR count). The van der Waals surface area contributed by atoms with Gasteiger partial charge in [-0.3, -0.25) is 4.79 Å². The Labute approximate surface area is 69.4 Å². The summed E-state index contributed by atoms with van der Waals surface area (Å²) in [5.41, 5.74) is -1.39. The molecule has 0 amide bonds. The highest BCUT2D eigenvalue weighted by Crippen LogP contribution is 2.69. The molecule has 3 fully saturated rings. The van der Waals surface area contributed by atoms with Gasteiger partial charge in [0, 0.05) is 5.41 Å². The minimum Gasteiger partial charge on any atom is -0.286 e. The van der Waals surface area contributed by atoms with Gasteiger partial charge in [-0.15, -0.1) is 0 Å². The first-order chi connectivity index (χ1) is 5.60. The van der Waals surface area contributed by atoms with Crippen LogP contribution in [0.2, 0.25) is 0 Å². The number of hydrogen-bond donors (Lipinski definition) is 0. The molecule has 4 heteroatoms. The van der Waals surface area contributed by atoms with Gasteiger partial charge in [0.25, 0.3) is 0 Å². The van der Waals surface area contributed by atoms with Crippen molar-refractivity contribution in [2.45, 2.75) is 24.9 Å². The third-order valence-corrected chi connectivity index (χ3v) is 2.78. The highest BCUT2D eigenvalue weighted by molar-refractivity contribution is 6.28. The van der Waals surface area contributed by atoms with Crippen molar-refractivity contribution in [3.05, 3.63) is 0 Å². The van der Waals surface area contributed by atoms with Crippen molar-refractivity contribution < 1.29 is 14.0 Å². The summed E-state index contributed by atoms with van der Waals surface area (Å²) in [6.45, 7) is 0. The standard InChI is InChI=1S/C8H10FN2O/c1-10-11-2-6(12)7-3-8(9,4-7)5-7/h2H,3-5H2,1H3/q+1. The van der Waals surface area contributed by atoms with E-state index in [4.69, 9.17) is 0 Å². The summed E-state index contributed by atoms with van der Waals surface area (Å²) in [5.74, 6) is -0.0624. The van der Waals surface area contributed by atoms with Gasteiger partial charge in [0.1, 0.15) is 12.7 Å². The molecule has 3 nitrogen and oxygen atoms in total. The number of nitrogens with zero attached hydrogens (tertiary/aromatic N) is 2. The van der Waals surface area contributed by atoms with Gasteiger partial charge in [0.05, 0.1) is 9.90 Å². The summed E-state index contributed by atoms with van der Waals surface area (Å²) in [6, 6.07) is 0. The molecule has 0 aromatic rings. The molecule has 12 heavy (non-hydrogen) atoms. The fourth-order valence-corrected chi connectivity index (χ4v) is 2.17. The minimum absolute atomic E-state index is 0.0624. The monoisotopic (exact) mass is 169 g/mol. The molecule has 0 spiro atoms. The Morgan fingerprint density at radius 3 is 2.58 bits per heavy atom. The molecule has 64 valence electrons. The molecular weight excluding hydrogens is 159 g/mol. The smallest absolute Gasteiger partial charge is 0.286 e. The maximum absolute atomic E-state index is 13.0. The highest BCUT2D eigenvalue weighted by Gasteiger charge is 2.73. The second-order valence-corrected chi connectivity index (χ2v) is 3.77. The lowest BCUT2D eigenvalue weighted by molar-refractivity contribution is -0.208. The minimum atomic E-state index is -1.01. The van der Waals surface area contributed by atoms with E-state index in [-0.39, 0.29) is 11.2 Å². The average Bonchev–Trinajstić information content (AvgIpc) is 1.92. The van der Waals surface area contributed by atoms with Crippen LogP contribution in [0.3, 0.4) is 0 Å². The van der Waals surface area contributed by atoms with Gasteiger partial charge in [0.15, 0.2) is 0 Å². The Bertz CT molecular complexity index is 284. The number of alkyl halides is 1. The van der Waals surface area contributed by atoms with Crippen LogP contribution in [0.15, 0.2) is 5.11 Å². The number of rotatable bonds is 2. The van der Waals surface area contributed by atoms with Crippen LogP contribution in [0.25, 0.3) is 0 Å². The van der Waals surface area contributed by atoms with E-state index in [0.29, 0.717) is 19.3 Å². The van der Waals surface area contributed by atoms with E-state index in [1.807, 2.05) is 0 Å². The summed E-state index contributed by atoms with van der Waals surface area (Å²) in [7, 11) is 1.50. The fraction of sp³-hybridized carbons (Fsp3) is 0.750. The zero-order chi connectivity index (χ0) is 8.82. The third-order valence-electron chi connectivity index (χ3n) is 2.78. The van der Waals surface area contributed by atoms with Gasteiger partial charge in [0.2, 0.25) is 5.78 Å². The van der Waals surface area contributed by atoms with Crippen LogP contribution >= 0.6 is 0 Å². The number of Topliss-reactive ketones (excluding diaryl/α,β-unsaturated/α-hetero) is 1. The van der Waals surface area contributed by atoms with Gasteiger partial charge < -0.3 is 0 Å². The van der Waals surface area contributed by atoms with Gasteiger partial charge in [-0.05, 0) is 19.3 Å². The Morgan fingerprint density at radius 1 is 1.58 bits per heavy atom. The van der Waals surface area contributed by atoms with Gasteiger partial charge in [-0.25, -0.2) is 4.39 Å². The second kappa shape index (κ2) is 2.02. The van der Waals surface area contributed by atoms with Crippen molar-refractivity contribution >= 4 is 12.0 Å². The Balaban J connectivity index is 2.05. The van der Waals surface area contributed by atoms with Crippen molar-refractivity contribution in [1.29, 1.82) is 0 Å². The summed E-state index contributed by atoms with van der Waals surface area (Å²) in [6.07, 6.45) is 2.40. The zero-order valence-electron chi connectivity index (χ0n) is 6.88. The summed E-state index contributed by atoms with van der Waals surface area (Å²) < 4.78 is 13.0. The van der Waals surface area contributed by atoms with Crippen LogP contribution < -0.4 is 0 Å². The van der Waals surface area contributed by atoms with Gasteiger partial charge >= 0.3 is 6.21 Å². The molecule has 0 N–H and O–H groups in total. The molecule has 0 unspecified atom stereocenters. The van der Waals surface area contributed by atoms with Crippen molar-refractivity contribution in [2.24, 2.45) is 10.5 Å². The van der Waals surface area contributed by atoms with E-state index in [0.717, 1.165) is 0 Å². The Morgan fingerprint density at radius 2 is 2.17 bits per heavy atom. The molecular formula is C8H10FN2O+. The lowest BCUT2D eigenvalue weighted by Crippen LogP contribution is -2.68. The number of carbonyl (C=O) groups is 1. The fourth-order valence-electron chi connectivity index (χ4n) is 2.17. The molecule has 0 aliphatic heterocycles. The lowest BCUT2D eigenvalue weighted by atomic mass is 9.41. The van der Waals surface area contributed by atoms with E-state index < -0.39 is 5.67 Å². The first-order valence-electron chi connectivity index (χ1n) is 3.96. The summed E-state index contributed by atoms with van der Waals surface area (Å²) >= 11 is 0. The van der Waals surface area contributed by atoms with E-state index in [9.17, 15) is 9.18 Å². The lowest BCUT2D eigenvalue weighted by Gasteiger charge is -2.63. The van der Waals surface area contributed by atoms with Crippen LogP contribution in [-0.4, -0.2) is 29.5 Å². The molecule has 3 aliphatic carbocycles. The van der Waals surface area contributed by atoms with E-state index >= 15 is 0 Å². The molecule has 2 bridgehead atoms. The predicted octanol–water partition coefficient (Wildman–Crippen LogP) is 0.809. The molecule has 0 aromatic carbocycles. The quantitative estimate of drug-likeness (QED) is 0.342. The SMILES string of the molecule is CN=[N+]=CC(=O)C12CC(F)(C1)C2. The van der Waals surface area contributed by atoms with Crippen LogP contribution in [0.4, 0.5) is 4.39 Å². The van der Waals surface area contributed by atoms with Crippen LogP contribution in [-0.2, 0) is 4.79 Å². The number of halogens is 1. The number of carbonyl (C=O) groups excluding carboxylic acids is 1. The number of ketones is 1. The molecule has 0 atom stereocenters. The van der Waals surface area contributed by atoms with Crippen LogP contribution in [0.1, 0.15) is 19.3 Å². The van der Waals surface area contributed by atoms with E-state index in [1.165, 1.54) is 13.3 Å². The molecule has 0 radical (unpaired) electrons. The Hall–Kier alpha value is -1.02. The molecule has 3 aliphatic rings. The van der Waals surface area contributed by atoms with E-state index in [2.05, 4.69) is 9.90 Å². The molecule has 0 heterocycles. The van der Waals surface area contributed by atoms with Crippen molar-refractivity contribution in [1.82, 2.24) is 0 Å². The van der Waals surface area contributed by atoms with Crippen molar-refractivity contribution in [2.75, 3.05) is 7.05 Å². The van der Waals surface area contributed by atoms with E-state index in [1.54, 1.807) is 0 Å². The summed E-state index contributed by atoms with van der Waals surface area (Å²) in [5, 5.41) is 3.44. The predicted molar refractivity (Wildman–Crippen MR) is 39.8 cm³/mol. The Kier molecular flexibility index (Phi) is 1.28. The maximum atomic E-state index is 13.0. The van der Waals surface area contributed by atoms with Crippen molar-refractivity contribution in [3.8, 4) is 0 Å². The highest BCUT2D eigenvalue weighted by atomic mass is 19.1. The normalized spacial score (nSPS) is 41.8. The third kappa shape index (κ3) is 0.786. The summed E-state index contributed by atoms with van der Waals surface area (Å²) in [4.78, 5) is 14.8. The molecule has 3 saturated carbocycles. The van der Waals surface area contributed by atoms with Crippen LogP contribution in [0, 0.1) is 5.41 Å². The van der Waals surface area contributed by atoms with Crippen LogP contribution in [0.5, 0.6) is 0 Å². The average molecular weight is 169 g/mol. The number of hydrogen-bond acceptors (Lipinski definition) is 2.